The van der Waals surface area contributed by atoms with Gasteiger partial charge in [-0.25, -0.2) is 0 Å². The second-order valence-electron chi connectivity index (χ2n) is 3.71. The van der Waals surface area contributed by atoms with Gasteiger partial charge in [0.15, 0.2) is 0 Å². The standard InChI is InChI=1S/C8H17NO3/c1-4-8(3,5-7(2)10)6-9(11)12/h7,10H,4-6H2,1-3H3. The fourth-order valence-electron chi connectivity index (χ4n) is 1.35. The van der Waals surface area contributed by atoms with Gasteiger partial charge in [0, 0.05) is 10.3 Å². The summed E-state index contributed by atoms with van der Waals surface area (Å²) in [6.07, 6.45) is 0.749. The molecule has 0 aromatic carbocycles. The molecule has 0 radical (unpaired) electrons. The maximum Gasteiger partial charge on any atom is 0.209 e. The summed E-state index contributed by atoms with van der Waals surface area (Å²) in [6, 6.07) is 0. The SMILES string of the molecule is CCC(C)(CC(C)O)C[N+](=O)[O-]. The highest BCUT2D eigenvalue weighted by molar-refractivity contribution is 4.73. The number of nitro groups is 1. The maximum atomic E-state index is 10.3. The number of rotatable bonds is 5. The zero-order chi connectivity index (χ0) is 9.78. The van der Waals surface area contributed by atoms with Gasteiger partial charge in [-0.05, 0) is 19.8 Å². The van der Waals surface area contributed by atoms with Gasteiger partial charge < -0.3 is 5.11 Å². The van der Waals surface area contributed by atoms with Gasteiger partial charge in [0.2, 0.25) is 6.54 Å². The van der Waals surface area contributed by atoms with E-state index < -0.39 is 6.10 Å². The minimum Gasteiger partial charge on any atom is -0.393 e. The van der Waals surface area contributed by atoms with Gasteiger partial charge in [-0.1, -0.05) is 13.8 Å². The molecule has 4 heteroatoms. The van der Waals surface area contributed by atoms with Crippen LogP contribution in [-0.2, 0) is 0 Å². The van der Waals surface area contributed by atoms with Gasteiger partial charge in [0.05, 0.1) is 6.10 Å². The lowest BCUT2D eigenvalue weighted by Gasteiger charge is -2.24. The first-order valence-corrected chi connectivity index (χ1v) is 4.19. The first-order valence-electron chi connectivity index (χ1n) is 4.19. The van der Waals surface area contributed by atoms with Crippen LogP contribution in [-0.4, -0.2) is 22.7 Å². The Hall–Kier alpha value is -0.640. The second kappa shape index (κ2) is 4.40. The van der Waals surface area contributed by atoms with Crippen LogP contribution in [0.25, 0.3) is 0 Å². The highest BCUT2D eigenvalue weighted by atomic mass is 16.6. The summed E-state index contributed by atoms with van der Waals surface area (Å²) < 4.78 is 0. The molecule has 0 aromatic heterocycles. The predicted octanol–water partition coefficient (Wildman–Crippen LogP) is 1.45. The largest absolute Gasteiger partial charge is 0.393 e. The van der Waals surface area contributed by atoms with Gasteiger partial charge in [-0.3, -0.25) is 10.1 Å². The van der Waals surface area contributed by atoms with Crippen molar-refractivity contribution in [3.8, 4) is 0 Å². The van der Waals surface area contributed by atoms with E-state index in [1.807, 2.05) is 13.8 Å². The van der Waals surface area contributed by atoms with Gasteiger partial charge in [0.1, 0.15) is 0 Å². The summed E-state index contributed by atoms with van der Waals surface area (Å²) in [5.74, 6) is 0. The van der Waals surface area contributed by atoms with Crippen molar-refractivity contribution in [1.29, 1.82) is 0 Å². The van der Waals surface area contributed by atoms with Crippen LogP contribution in [0.2, 0.25) is 0 Å². The van der Waals surface area contributed by atoms with Gasteiger partial charge in [0.25, 0.3) is 0 Å². The monoisotopic (exact) mass is 175 g/mol. The number of hydrogen-bond acceptors (Lipinski definition) is 3. The molecule has 0 fully saturated rings. The molecule has 1 N–H and O–H groups in total. The van der Waals surface area contributed by atoms with Crippen LogP contribution in [0.5, 0.6) is 0 Å². The Morgan fingerprint density at radius 1 is 1.67 bits per heavy atom. The second-order valence-corrected chi connectivity index (χ2v) is 3.71. The maximum absolute atomic E-state index is 10.3. The summed E-state index contributed by atoms with van der Waals surface area (Å²) in [7, 11) is 0. The van der Waals surface area contributed by atoms with E-state index in [0.717, 1.165) is 6.42 Å². The molecule has 0 saturated carbocycles. The predicted molar refractivity (Wildman–Crippen MR) is 46.6 cm³/mol. The fraction of sp³-hybridized carbons (Fsp3) is 1.00. The first kappa shape index (κ1) is 11.4. The zero-order valence-corrected chi connectivity index (χ0v) is 7.91. The molecule has 0 aliphatic rings. The third-order valence-electron chi connectivity index (χ3n) is 2.15. The van der Waals surface area contributed by atoms with E-state index in [-0.39, 0.29) is 16.9 Å². The zero-order valence-electron chi connectivity index (χ0n) is 7.91. The summed E-state index contributed by atoms with van der Waals surface area (Å²) >= 11 is 0. The third kappa shape index (κ3) is 4.28. The summed E-state index contributed by atoms with van der Waals surface area (Å²) in [5, 5.41) is 19.4. The molecule has 12 heavy (non-hydrogen) atoms. The van der Waals surface area contributed by atoms with E-state index in [1.165, 1.54) is 0 Å². The molecule has 0 saturated heterocycles. The number of aliphatic hydroxyl groups is 1. The van der Waals surface area contributed by atoms with Crippen LogP contribution in [0, 0.1) is 15.5 Å². The van der Waals surface area contributed by atoms with Gasteiger partial charge >= 0.3 is 0 Å². The molecule has 2 atom stereocenters. The van der Waals surface area contributed by atoms with Crippen molar-refractivity contribution < 1.29 is 10.0 Å². The minimum atomic E-state index is -0.463. The lowest BCUT2D eigenvalue weighted by molar-refractivity contribution is -0.497. The fourth-order valence-corrected chi connectivity index (χ4v) is 1.35. The molecule has 2 unspecified atom stereocenters. The highest BCUT2D eigenvalue weighted by Crippen LogP contribution is 2.27. The van der Waals surface area contributed by atoms with Crippen molar-refractivity contribution in [2.24, 2.45) is 5.41 Å². The Bertz CT molecular complexity index is 158. The number of hydrogen-bond donors (Lipinski definition) is 1. The van der Waals surface area contributed by atoms with E-state index in [4.69, 9.17) is 5.11 Å². The number of aliphatic hydroxyl groups excluding tert-OH is 1. The van der Waals surface area contributed by atoms with Crippen molar-refractivity contribution in [1.82, 2.24) is 0 Å². The van der Waals surface area contributed by atoms with Crippen molar-refractivity contribution in [3.05, 3.63) is 10.1 Å². The summed E-state index contributed by atoms with van der Waals surface area (Å²) in [6.45, 7) is 5.34. The van der Waals surface area contributed by atoms with Crippen LogP contribution >= 0.6 is 0 Å². The molecule has 0 spiro atoms. The smallest absolute Gasteiger partial charge is 0.209 e. The normalized spacial score (nSPS) is 18.3. The van der Waals surface area contributed by atoms with Crippen LogP contribution < -0.4 is 0 Å². The molecule has 0 aliphatic carbocycles. The number of nitrogens with zero attached hydrogens (tertiary/aromatic N) is 1. The molecule has 0 bridgehead atoms. The Labute approximate surface area is 72.7 Å². The van der Waals surface area contributed by atoms with Crippen molar-refractivity contribution in [3.63, 3.8) is 0 Å². The van der Waals surface area contributed by atoms with Gasteiger partial charge in [-0.15, -0.1) is 0 Å². The first-order chi connectivity index (χ1) is 5.39. The molecule has 4 nitrogen and oxygen atoms in total. The van der Waals surface area contributed by atoms with Crippen molar-refractivity contribution in [2.75, 3.05) is 6.54 Å². The molecule has 72 valence electrons. The van der Waals surface area contributed by atoms with E-state index in [2.05, 4.69) is 0 Å². The Morgan fingerprint density at radius 3 is 2.42 bits per heavy atom. The lowest BCUT2D eigenvalue weighted by Crippen LogP contribution is -2.29. The quantitative estimate of drug-likeness (QED) is 0.508. The summed E-state index contributed by atoms with van der Waals surface area (Å²) in [5.41, 5.74) is -0.363. The van der Waals surface area contributed by atoms with Crippen LogP contribution in [0.1, 0.15) is 33.6 Å². The van der Waals surface area contributed by atoms with Gasteiger partial charge in [-0.2, -0.15) is 0 Å². The van der Waals surface area contributed by atoms with E-state index in [9.17, 15) is 10.1 Å². The highest BCUT2D eigenvalue weighted by Gasteiger charge is 2.29. The van der Waals surface area contributed by atoms with Crippen LogP contribution in [0.3, 0.4) is 0 Å². The lowest BCUT2D eigenvalue weighted by atomic mass is 9.82. The average Bonchev–Trinajstić information content (AvgIpc) is 1.83. The Morgan fingerprint density at radius 2 is 2.17 bits per heavy atom. The molecule has 0 amide bonds. The topological polar surface area (TPSA) is 63.4 Å². The van der Waals surface area contributed by atoms with Crippen molar-refractivity contribution in [2.45, 2.75) is 39.7 Å². The molecule has 0 heterocycles. The van der Waals surface area contributed by atoms with Crippen molar-refractivity contribution >= 4 is 0 Å². The molecule has 0 aliphatic heterocycles. The summed E-state index contributed by atoms with van der Waals surface area (Å²) in [4.78, 5) is 9.97. The molecule has 0 aromatic rings. The molecular formula is C8H17NO3. The van der Waals surface area contributed by atoms with Crippen LogP contribution in [0.4, 0.5) is 0 Å². The Balaban J connectivity index is 4.13. The average molecular weight is 175 g/mol. The third-order valence-corrected chi connectivity index (χ3v) is 2.15. The van der Waals surface area contributed by atoms with Crippen LogP contribution in [0.15, 0.2) is 0 Å². The van der Waals surface area contributed by atoms with E-state index in [0.29, 0.717) is 6.42 Å². The van der Waals surface area contributed by atoms with E-state index >= 15 is 0 Å². The minimum absolute atomic E-state index is 0.0611. The molecule has 0 rings (SSSR count). The Kier molecular flexibility index (Phi) is 4.17. The molecular weight excluding hydrogens is 158 g/mol. The van der Waals surface area contributed by atoms with E-state index in [1.54, 1.807) is 6.92 Å².